The molecular formula is C23H25ClN6O9S. The zero-order valence-electron chi connectivity index (χ0n) is 21.5. The molecule has 0 bridgehead atoms. The lowest BCUT2D eigenvalue weighted by atomic mass is 9.99. The average molecular weight is 597 g/mol. The van der Waals surface area contributed by atoms with Crippen LogP contribution in [0.5, 0.6) is 0 Å². The van der Waals surface area contributed by atoms with E-state index in [9.17, 15) is 29.3 Å². The number of hydrogen-bond acceptors (Lipinski definition) is 12. The first-order valence-electron chi connectivity index (χ1n) is 11.5. The van der Waals surface area contributed by atoms with Crippen molar-refractivity contribution in [3.8, 4) is 0 Å². The Bertz CT molecular complexity index is 1310. The number of anilines is 1. The van der Waals surface area contributed by atoms with Gasteiger partial charge in [-0.25, -0.2) is 9.78 Å². The molecule has 0 spiro atoms. The number of oxime groups is 1. The molecule has 0 saturated carbocycles. The molecule has 17 heteroatoms. The van der Waals surface area contributed by atoms with Crippen LogP contribution in [0.1, 0.15) is 25.1 Å². The maximum atomic E-state index is 13.2. The summed E-state index contributed by atoms with van der Waals surface area (Å²) in [6.07, 6.45) is 0. The van der Waals surface area contributed by atoms with Crippen LogP contribution in [0, 0.1) is 10.1 Å². The molecule has 0 aliphatic carbocycles. The van der Waals surface area contributed by atoms with Crippen LogP contribution in [0.25, 0.3) is 0 Å². The predicted octanol–water partition coefficient (Wildman–Crippen LogP) is 1.10. The number of thiazole rings is 1. The molecule has 3 amide bonds. The number of nitro groups is 1. The second kappa shape index (κ2) is 13.3. The van der Waals surface area contributed by atoms with Gasteiger partial charge in [0.1, 0.15) is 24.2 Å². The fourth-order valence-corrected chi connectivity index (χ4v) is 3.94. The van der Waals surface area contributed by atoms with Crippen molar-refractivity contribution in [3.63, 3.8) is 0 Å². The van der Waals surface area contributed by atoms with Gasteiger partial charge in [0, 0.05) is 24.6 Å². The van der Waals surface area contributed by atoms with Gasteiger partial charge in [0.25, 0.3) is 11.6 Å². The Kier molecular flexibility index (Phi) is 10.1. The van der Waals surface area contributed by atoms with Gasteiger partial charge in [0.05, 0.1) is 17.6 Å². The molecule has 2 unspecified atom stereocenters. The smallest absolute Gasteiger partial charge is 0.353 e. The second-order valence-electron chi connectivity index (χ2n) is 8.78. The van der Waals surface area contributed by atoms with Crippen molar-refractivity contribution in [2.75, 3.05) is 24.9 Å². The minimum atomic E-state index is -1.69. The molecule has 214 valence electrons. The average Bonchev–Trinajstić information content (AvgIpc) is 3.38. The van der Waals surface area contributed by atoms with Gasteiger partial charge in [0.15, 0.2) is 10.8 Å². The van der Waals surface area contributed by atoms with Crippen LogP contribution in [-0.4, -0.2) is 76.6 Å². The summed E-state index contributed by atoms with van der Waals surface area (Å²) in [6.45, 7) is 2.66. The van der Waals surface area contributed by atoms with Gasteiger partial charge in [-0.2, -0.15) is 0 Å². The Labute approximate surface area is 236 Å². The summed E-state index contributed by atoms with van der Waals surface area (Å²) in [5.74, 6) is -2.95. The number of non-ortho nitro benzene ring substituents is 1. The molecule has 3 N–H and O–H groups in total. The Morgan fingerprint density at radius 1 is 1.27 bits per heavy atom. The minimum absolute atomic E-state index is 0.00885. The topological polar surface area (TPSA) is 200 Å². The van der Waals surface area contributed by atoms with Crippen molar-refractivity contribution in [1.29, 1.82) is 0 Å². The summed E-state index contributed by atoms with van der Waals surface area (Å²) < 4.78 is 10.3. The number of aromatic nitrogens is 1. The van der Waals surface area contributed by atoms with E-state index < -0.39 is 46.3 Å². The van der Waals surface area contributed by atoms with Crippen LogP contribution >= 0.6 is 22.9 Å². The molecule has 2 heterocycles. The molecule has 1 aliphatic heterocycles. The summed E-state index contributed by atoms with van der Waals surface area (Å²) in [7, 11) is 1.44. The lowest BCUT2D eigenvalue weighted by Gasteiger charge is -2.36. The first-order valence-corrected chi connectivity index (χ1v) is 12.9. The first kappa shape index (κ1) is 30.4. The van der Waals surface area contributed by atoms with E-state index in [2.05, 4.69) is 26.1 Å². The van der Waals surface area contributed by atoms with E-state index in [4.69, 9.17) is 25.9 Å². The Morgan fingerprint density at radius 3 is 2.58 bits per heavy atom. The van der Waals surface area contributed by atoms with E-state index >= 15 is 0 Å². The number of rotatable bonds is 13. The molecule has 40 heavy (non-hydrogen) atoms. The molecule has 3 rings (SSSR count). The highest BCUT2D eigenvalue weighted by Crippen LogP contribution is 2.20. The summed E-state index contributed by atoms with van der Waals surface area (Å²) in [4.78, 5) is 69.3. The number of nitrogens with zero attached hydrogens (tertiary/aromatic N) is 3. The van der Waals surface area contributed by atoms with Crippen molar-refractivity contribution in [1.82, 2.24) is 15.6 Å². The molecule has 0 radical (unpaired) electrons. The molecule has 2 aromatic rings. The predicted molar refractivity (Wildman–Crippen MR) is 142 cm³/mol. The van der Waals surface area contributed by atoms with Gasteiger partial charge in [-0.3, -0.25) is 24.5 Å². The lowest BCUT2D eigenvalue weighted by molar-refractivity contribution is -0.384. The minimum Gasteiger partial charge on any atom is -0.458 e. The van der Waals surface area contributed by atoms with Crippen LogP contribution < -0.4 is 16.0 Å². The SMILES string of the molecule is COCC1NC(=O)C1NC(=O)/C(=N\OC(C)(C)C(=O)OCc1ccc([N+](=O)[O-])cc1)c1csc(NC(=O)CCl)n1. The number of nitro benzene ring substituents is 1. The first-order chi connectivity index (χ1) is 18.9. The van der Waals surface area contributed by atoms with Crippen LogP contribution in [0.3, 0.4) is 0 Å². The van der Waals surface area contributed by atoms with Crippen molar-refractivity contribution in [2.45, 2.75) is 38.1 Å². The van der Waals surface area contributed by atoms with Crippen LogP contribution in [0.15, 0.2) is 34.8 Å². The highest BCUT2D eigenvalue weighted by Gasteiger charge is 2.41. The number of methoxy groups -OCH3 is 1. The normalized spacial score (nSPS) is 16.8. The van der Waals surface area contributed by atoms with E-state index in [-0.39, 0.29) is 41.3 Å². The van der Waals surface area contributed by atoms with Gasteiger partial charge in [-0.15, -0.1) is 22.9 Å². The number of halogens is 1. The van der Waals surface area contributed by atoms with Crippen molar-refractivity contribution in [3.05, 3.63) is 51.0 Å². The van der Waals surface area contributed by atoms with Gasteiger partial charge >= 0.3 is 5.97 Å². The molecule has 1 aromatic carbocycles. The van der Waals surface area contributed by atoms with Crippen molar-refractivity contribution in [2.24, 2.45) is 5.16 Å². The molecular weight excluding hydrogens is 572 g/mol. The number of amides is 3. The quantitative estimate of drug-likeness (QED) is 0.0750. The summed E-state index contributed by atoms with van der Waals surface area (Å²) >= 11 is 6.49. The Balaban J connectivity index is 1.76. The zero-order valence-corrected chi connectivity index (χ0v) is 23.0. The van der Waals surface area contributed by atoms with E-state index in [1.807, 2.05) is 0 Å². The van der Waals surface area contributed by atoms with Crippen LogP contribution in [-0.2, 0) is 40.1 Å². The van der Waals surface area contributed by atoms with Gasteiger partial charge in [0.2, 0.25) is 17.4 Å². The van der Waals surface area contributed by atoms with Gasteiger partial charge < -0.3 is 30.3 Å². The standard InChI is InChI=1S/C23H25ClN6O9S/c1-23(2,21(34)38-9-12-4-6-13(7-5-12)30(35)36)39-29-18(15-11-40-22(26-15)27-16(31)8-24)20(33)28-17-14(10-37-3)25-19(17)32/h4-7,11,14,17H,8-10H2,1-3H3,(H,25,32)(H,28,33)(H,26,27,31)/b29-18-. The van der Waals surface area contributed by atoms with E-state index in [0.29, 0.717) is 5.56 Å². The van der Waals surface area contributed by atoms with Crippen molar-refractivity contribution < 1.29 is 38.4 Å². The number of esters is 1. The number of ether oxygens (including phenoxy) is 2. The van der Waals surface area contributed by atoms with E-state index in [1.54, 1.807) is 0 Å². The Hall–Kier alpha value is -4.15. The number of benzene rings is 1. The highest BCUT2D eigenvalue weighted by molar-refractivity contribution is 7.14. The number of carbonyl (C=O) groups is 4. The lowest BCUT2D eigenvalue weighted by Crippen LogP contribution is -2.71. The maximum absolute atomic E-state index is 13.2. The number of carbonyl (C=O) groups excluding carboxylic acids is 4. The molecule has 1 saturated heterocycles. The summed E-state index contributed by atoms with van der Waals surface area (Å²) in [5.41, 5.74) is -1.69. The van der Waals surface area contributed by atoms with E-state index in [0.717, 1.165) is 11.3 Å². The molecule has 2 atom stereocenters. The number of β-lactam (4-membered cyclic amide) rings is 1. The van der Waals surface area contributed by atoms with Gasteiger partial charge in [-0.05, 0) is 31.5 Å². The second-order valence-corrected chi connectivity index (χ2v) is 9.91. The highest BCUT2D eigenvalue weighted by atomic mass is 35.5. The molecule has 15 nitrogen and oxygen atoms in total. The Morgan fingerprint density at radius 2 is 1.98 bits per heavy atom. The summed E-state index contributed by atoms with van der Waals surface area (Å²) in [6, 6.07) is 4.05. The maximum Gasteiger partial charge on any atom is 0.353 e. The number of alkyl halides is 1. The molecule has 1 aromatic heterocycles. The van der Waals surface area contributed by atoms with Crippen LogP contribution in [0.4, 0.5) is 10.8 Å². The third-order valence-corrected chi connectivity index (χ3v) is 6.35. The van der Waals surface area contributed by atoms with Crippen LogP contribution in [0.2, 0.25) is 0 Å². The third kappa shape index (κ3) is 7.71. The monoisotopic (exact) mass is 596 g/mol. The largest absolute Gasteiger partial charge is 0.458 e. The number of hydrogen-bond donors (Lipinski definition) is 3. The molecule has 1 aliphatic rings. The third-order valence-electron chi connectivity index (χ3n) is 5.35. The zero-order chi connectivity index (χ0) is 29.4. The van der Waals surface area contributed by atoms with Crippen molar-refractivity contribution >= 4 is 63.2 Å². The number of nitrogens with one attached hydrogen (secondary N) is 3. The van der Waals surface area contributed by atoms with Gasteiger partial charge in [-0.1, -0.05) is 5.16 Å². The molecule has 1 fully saturated rings. The fourth-order valence-electron chi connectivity index (χ4n) is 3.17. The fraction of sp³-hybridized carbons (Fsp3) is 0.391. The summed E-state index contributed by atoms with van der Waals surface area (Å²) in [5, 5.41) is 23.8. The van der Waals surface area contributed by atoms with E-state index in [1.165, 1.54) is 50.6 Å².